The summed E-state index contributed by atoms with van der Waals surface area (Å²) in [5.41, 5.74) is 1.73. The van der Waals surface area contributed by atoms with Gasteiger partial charge >= 0.3 is 0 Å². The maximum atomic E-state index is 13.8. The number of aryl methyl sites for hydroxylation is 1. The quantitative estimate of drug-likeness (QED) is 0.729. The first-order valence-electron chi connectivity index (χ1n) is 7.88. The molecule has 1 N–H and O–H groups in total. The van der Waals surface area contributed by atoms with Gasteiger partial charge in [0.2, 0.25) is 0 Å². The molecule has 26 heavy (non-hydrogen) atoms. The van der Waals surface area contributed by atoms with Crippen LogP contribution in [0, 0.1) is 0 Å². The van der Waals surface area contributed by atoms with Crippen LogP contribution in [-0.4, -0.2) is 25.7 Å². The van der Waals surface area contributed by atoms with Crippen LogP contribution in [0.3, 0.4) is 0 Å². The van der Waals surface area contributed by atoms with Gasteiger partial charge in [-0.05, 0) is 12.5 Å². The number of nitrogens with zero attached hydrogens (tertiary/aromatic N) is 4. The number of anilines is 1. The molecule has 1 aliphatic rings. The minimum Gasteiger partial charge on any atom is -0.298 e. The van der Waals surface area contributed by atoms with Crippen molar-refractivity contribution in [2.75, 3.05) is 5.32 Å². The van der Waals surface area contributed by atoms with E-state index >= 15 is 0 Å². The number of halogens is 1. The highest BCUT2D eigenvalue weighted by Gasteiger charge is 2.18. The van der Waals surface area contributed by atoms with E-state index in [2.05, 4.69) is 20.4 Å². The highest BCUT2D eigenvalue weighted by atomic mass is 32.1. The van der Waals surface area contributed by atoms with Gasteiger partial charge in [0.15, 0.2) is 5.13 Å². The lowest BCUT2D eigenvalue weighted by Gasteiger charge is -2.08. The number of nitrogens with one attached hydrogen (secondary N) is 1. The van der Waals surface area contributed by atoms with Crippen molar-refractivity contribution in [1.29, 1.82) is 0 Å². The number of carbonyl (C=O) groups excluding carboxylic acids is 1. The van der Waals surface area contributed by atoms with E-state index in [1.807, 2.05) is 18.5 Å². The molecule has 4 rings (SSSR count). The molecule has 3 aromatic rings. The summed E-state index contributed by atoms with van der Waals surface area (Å²) in [5.74, 6) is -0.866. The molecule has 0 unspecified atom stereocenters. The lowest BCUT2D eigenvalue weighted by molar-refractivity contribution is -0.112. The molecule has 0 spiro atoms. The number of hydrogen-bond acceptors (Lipinski definition) is 6. The van der Waals surface area contributed by atoms with Crippen LogP contribution in [-0.2, 0) is 11.8 Å². The van der Waals surface area contributed by atoms with Gasteiger partial charge in [-0.1, -0.05) is 23.5 Å². The summed E-state index contributed by atoms with van der Waals surface area (Å²) >= 11 is 2.83. The number of allylic oxidation sites excluding steroid dienone is 2. The number of hydrogen-bond donors (Lipinski definition) is 1. The van der Waals surface area contributed by atoms with Gasteiger partial charge < -0.3 is 0 Å². The number of carbonyl (C=O) groups is 1. The maximum Gasteiger partial charge on any atom is 0.260 e. The molecule has 0 bridgehead atoms. The number of amides is 1. The zero-order valence-corrected chi connectivity index (χ0v) is 15.4. The van der Waals surface area contributed by atoms with Crippen LogP contribution < -0.4 is 5.32 Å². The van der Waals surface area contributed by atoms with E-state index in [4.69, 9.17) is 0 Å². The molecule has 9 heteroatoms. The van der Waals surface area contributed by atoms with Gasteiger partial charge in [-0.25, -0.2) is 14.4 Å². The Hall–Kier alpha value is -2.65. The zero-order valence-electron chi connectivity index (χ0n) is 13.8. The largest absolute Gasteiger partial charge is 0.298 e. The molecule has 0 saturated heterocycles. The van der Waals surface area contributed by atoms with Gasteiger partial charge in [-0.3, -0.25) is 14.8 Å². The van der Waals surface area contributed by atoms with Crippen LogP contribution in [0.25, 0.3) is 21.3 Å². The zero-order chi connectivity index (χ0) is 18.1. The first-order chi connectivity index (χ1) is 12.6. The van der Waals surface area contributed by atoms with E-state index in [0.717, 1.165) is 21.3 Å². The lowest BCUT2D eigenvalue weighted by Crippen LogP contribution is -2.15. The molecule has 0 atom stereocenters. The van der Waals surface area contributed by atoms with E-state index in [9.17, 15) is 9.18 Å². The number of rotatable bonds is 4. The molecule has 0 aliphatic heterocycles. The first kappa shape index (κ1) is 16.8. The average Bonchev–Trinajstić information content (AvgIpc) is 3.35. The van der Waals surface area contributed by atoms with Crippen LogP contribution in [0.15, 0.2) is 47.4 Å². The predicted octanol–water partition coefficient (Wildman–Crippen LogP) is 4.18. The topological polar surface area (TPSA) is 72.7 Å². The third-order valence-electron chi connectivity index (χ3n) is 3.86. The molecule has 0 radical (unpaired) electrons. The highest BCUT2D eigenvalue weighted by molar-refractivity contribution is 7.19. The van der Waals surface area contributed by atoms with Crippen molar-refractivity contribution < 1.29 is 9.18 Å². The molecule has 0 saturated carbocycles. The Bertz CT molecular complexity index is 1020. The first-order valence-corrected chi connectivity index (χ1v) is 9.58. The van der Waals surface area contributed by atoms with Crippen molar-refractivity contribution in [3.8, 4) is 21.3 Å². The fraction of sp³-hybridized carbons (Fsp3) is 0.176. The minimum absolute atomic E-state index is 0.0691. The van der Waals surface area contributed by atoms with Crippen LogP contribution in [0.5, 0.6) is 0 Å². The molecular formula is C17H14FN5OS2. The third-order valence-corrected chi connectivity index (χ3v) is 5.59. The summed E-state index contributed by atoms with van der Waals surface area (Å²) in [5, 5.41) is 10.3. The van der Waals surface area contributed by atoms with E-state index in [0.29, 0.717) is 11.6 Å². The van der Waals surface area contributed by atoms with Gasteiger partial charge in [-0.15, -0.1) is 11.3 Å². The van der Waals surface area contributed by atoms with Gasteiger partial charge in [0.05, 0.1) is 16.1 Å². The van der Waals surface area contributed by atoms with Crippen LogP contribution in [0.1, 0.15) is 12.8 Å². The van der Waals surface area contributed by atoms with E-state index < -0.39 is 5.91 Å². The molecule has 1 aliphatic carbocycles. The Labute approximate surface area is 156 Å². The van der Waals surface area contributed by atoms with Crippen LogP contribution >= 0.6 is 22.7 Å². The standard InChI is InChI=1S/C17H14FN5OS2/c1-23-13(8-12(22-23)16-19-6-7-25-16)14-9-20-17(26-14)21-15(24)10-4-2-3-5-11(10)18/h2,4,6-9H,3,5H2,1H3,(H,20,21,24). The molecular weight excluding hydrogens is 373 g/mol. The van der Waals surface area contributed by atoms with Gasteiger partial charge in [0.25, 0.3) is 5.91 Å². The van der Waals surface area contributed by atoms with E-state index in [1.165, 1.54) is 28.7 Å². The Kier molecular flexibility index (Phi) is 4.48. The summed E-state index contributed by atoms with van der Waals surface area (Å²) in [6.45, 7) is 0. The second kappa shape index (κ2) is 6.93. The second-order valence-electron chi connectivity index (χ2n) is 5.62. The van der Waals surface area contributed by atoms with Crippen LogP contribution in [0.2, 0.25) is 0 Å². The fourth-order valence-electron chi connectivity index (χ4n) is 2.60. The lowest BCUT2D eigenvalue weighted by atomic mass is 10.1. The van der Waals surface area contributed by atoms with Gasteiger partial charge in [-0.2, -0.15) is 5.10 Å². The SMILES string of the molecule is Cn1nc(-c2nccs2)cc1-c1cnc(NC(=O)C2=C(F)CCC=C2)s1. The maximum absolute atomic E-state index is 13.8. The van der Waals surface area contributed by atoms with Gasteiger partial charge in [0, 0.05) is 31.2 Å². The van der Waals surface area contributed by atoms with Crippen molar-refractivity contribution in [1.82, 2.24) is 19.7 Å². The molecule has 3 heterocycles. The van der Waals surface area contributed by atoms with Crippen molar-refractivity contribution >= 4 is 33.7 Å². The summed E-state index contributed by atoms with van der Waals surface area (Å²) < 4.78 is 15.5. The second-order valence-corrected chi connectivity index (χ2v) is 7.54. The highest BCUT2D eigenvalue weighted by Crippen LogP contribution is 2.32. The molecule has 0 fully saturated rings. The monoisotopic (exact) mass is 387 g/mol. The van der Waals surface area contributed by atoms with Crippen LogP contribution in [0.4, 0.5) is 9.52 Å². The van der Waals surface area contributed by atoms with E-state index in [-0.39, 0.29) is 17.8 Å². The smallest absolute Gasteiger partial charge is 0.260 e. The normalized spacial score (nSPS) is 14.1. The molecule has 3 aromatic heterocycles. The Balaban J connectivity index is 1.55. The Morgan fingerprint density at radius 3 is 3.04 bits per heavy atom. The summed E-state index contributed by atoms with van der Waals surface area (Å²) in [6.07, 6.45) is 7.60. The van der Waals surface area contributed by atoms with Crippen molar-refractivity contribution in [2.24, 2.45) is 7.05 Å². The molecule has 1 amide bonds. The molecule has 132 valence electrons. The Morgan fingerprint density at radius 1 is 1.38 bits per heavy atom. The van der Waals surface area contributed by atoms with Gasteiger partial charge in [0.1, 0.15) is 16.5 Å². The van der Waals surface area contributed by atoms with Crippen molar-refractivity contribution in [3.05, 3.63) is 47.4 Å². The molecule has 6 nitrogen and oxygen atoms in total. The number of thiazole rings is 2. The molecule has 0 aromatic carbocycles. The third kappa shape index (κ3) is 3.23. The summed E-state index contributed by atoms with van der Waals surface area (Å²) in [7, 11) is 1.84. The van der Waals surface area contributed by atoms with Crippen molar-refractivity contribution in [3.63, 3.8) is 0 Å². The number of aromatic nitrogens is 4. The predicted molar refractivity (Wildman–Crippen MR) is 101 cm³/mol. The van der Waals surface area contributed by atoms with E-state index in [1.54, 1.807) is 23.2 Å². The Morgan fingerprint density at radius 2 is 2.27 bits per heavy atom. The summed E-state index contributed by atoms with van der Waals surface area (Å²) in [4.78, 5) is 21.6. The fourth-order valence-corrected chi connectivity index (χ4v) is 4.05. The summed E-state index contributed by atoms with van der Waals surface area (Å²) in [6, 6.07) is 1.93. The van der Waals surface area contributed by atoms with Crippen molar-refractivity contribution in [2.45, 2.75) is 12.8 Å². The average molecular weight is 387 g/mol. The minimum atomic E-state index is -0.479.